The number of pyridine rings is 1. The lowest BCUT2D eigenvalue weighted by Gasteiger charge is -2.11. The lowest BCUT2D eigenvalue weighted by Crippen LogP contribution is -2.17. The second-order valence-corrected chi connectivity index (χ2v) is 2.88. The van der Waals surface area contributed by atoms with E-state index in [1.165, 1.54) is 6.92 Å². The highest BCUT2D eigenvalue weighted by atomic mass is 19.4. The van der Waals surface area contributed by atoms with E-state index >= 15 is 0 Å². The van der Waals surface area contributed by atoms with E-state index in [0.717, 1.165) is 6.20 Å². The predicted octanol–water partition coefficient (Wildman–Crippen LogP) is 1.86. The molecule has 0 saturated carbocycles. The van der Waals surface area contributed by atoms with Crippen LogP contribution in [0.3, 0.4) is 0 Å². The third-order valence-electron chi connectivity index (χ3n) is 1.68. The second kappa shape index (κ2) is 4.38. The van der Waals surface area contributed by atoms with Gasteiger partial charge in [0, 0.05) is 0 Å². The number of carbonyl (C=O) groups is 1. The number of ether oxygens (including phenoxy) is 1. The van der Waals surface area contributed by atoms with Crippen molar-refractivity contribution in [3.63, 3.8) is 0 Å². The number of hydrogen-bond donors (Lipinski definition) is 1. The van der Waals surface area contributed by atoms with Crippen LogP contribution in [0.2, 0.25) is 0 Å². The molecule has 7 heteroatoms. The number of carbonyl (C=O) groups excluding carboxylic acids is 1. The Morgan fingerprint density at radius 2 is 2.19 bits per heavy atom. The Hall–Kier alpha value is -1.79. The molecule has 4 nitrogen and oxygen atoms in total. The van der Waals surface area contributed by atoms with E-state index < -0.39 is 23.4 Å². The first-order valence-corrected chi connectivity index (χ1v) is 4.36. The molecular formula is C9H9F3N2O2. The van der Waals surface area contributed by atoms with Gasteiger partial charge in [-0.25, -0.2) is 9.78 Å². The Morgan fingerprint density at radius 3 is 2.69 bits per heavy atom. The van der Waals surface area contributed by atoms with Crippen molar-refractivity contribution < 1.29 is 22.7 Å². The Labute approximate surface area is 89.2 Å². The Bertz CT molecular complexity index is 404. The maximum Gasteiger partial charge on any atom is 0.418 e. The maximum atomic E-state index is 12.5. The third-order valence-corrected chi connectivity index (χ3v) is 1.68. The van der Waals surface area contributed by atoms with Crippen molar-refractivity contribution in [3.8, 4) is 0 Å². The van der Waals surface area contributed by atoms with Crippen LogP contribution >= 0.6 is 0 Å². The number of halogens is 3. The highest BCUT2D eigenvalue weighted by Crippen LogP contribution is 2.32. The quantitative estimate of drug-likeness (QED) is 0.793. The van der Waals surface area contributed by atoms with Gasteiger partial charge in [0.25, 0.3) is 0 Å². The van der Waals surface area contributed by atoms with Gasteiger partial charge in [0.1, 0.15) is 0 Å². The molecule has 2 N–H and O–H groups in total. The van der Waals surface area contributed by atoms with Crippen LogP contribution in [-0.2, 0) is 10.9 Å². The lowest BCUT2D eigenvalue weighted by molar-refractivity contribution is -0.138. The summed E-state index contributed by atoms with van der Waals surface area (Å²) in [5.41, 5.74) is 3.05. The fourth-order valence-corrected chi connectivity index (χ4v) is 1.06. The van der Waals surface area contributed by atoms with Crippen LogP contribution in [0, 0.1) is 0 Å². The fourth-order valence-electron chi connectivity index (χ4n) is 1.06. The van der Waals surface area contributed by atoms with Crippen LogP contribution in [0.25, 0.3) is 0 Å². The summed E-state index contributed by atoms with van der Waals surface area (Å²) in [5, 5.41) is 0. The minimum absolute atomic E-state index is 0.0256. The van der Waals surface area contributed by atoms with Gasteiger partial charge in [-0.3, -0.25) is 0 Å². The zero-order chi connectivity index (χ0) is 12.3. The molecule has 0 aliphatic carbocycles. The van der Waals surface area contributed by atoms with Crippen LogP contribution in [0.1, 0.15) is 23.0 Å². The van der Waals surface area contributed by atoms with Crippen LogP contribution in [-0.4, -0.2) is 17.6 Å². The summed E-state index contributed by atoms with van der Waals surface area (Å²) in [7, 11) is 0. The lowest BCUT2D eigenvalue weighted by atomic mass is 10.1. The van der Waals surface area contributed by atoms with E-state index in [1.807, 2.05) is 0 Å². The van der Waals surface area contributed by atoms with Crippen molar-refractivity contribution in [1.82, 2.24) is 4.98 Å². The minimum Gasteiger partial charge on any atom is -0.461 e. The van der Waals surface area contributed by atoms with Crippen molar-refractivity contribution in [1.29, 1.82) is 0 Å². The molecule has 0 atom stereocenters. The summed E-state index contributed by atoms with van der Waals surface area (Å²) in [5.74, 6) is -1.12. The van der Waals surface area contributed by atoms with Gasteiger partial charge in [0.05, 0.1) is 24.1 Å². The smallest absolute Gasteiger partial charge is 0.418 e. The summed E-state index contributed by atoms with van der Waals surface area (Å²) >= 11 is 0. The van der Waals surface area contributed by atoms with Gasteiger partial charge in [0.15, 0.2) is 5.69 Å². The average molecular weight is 234 g/mol. The zero-order valence-corrected chi connectivity index (χ0v) is 8.34. The normalized spacial score (nSPS) is 11.2. The monoisotopic (exact) mass is 234 g/mol. The van der Waals surface area contributed by atoms with E-state index in [-0.39, 0.29) is 12.3 Å². The third kappa shape index (κ3) is 2.62. The van der Waals surface area contributed by atoms with Gasteiger partial charge in [-0.15, -0.1) is 0 Å². The molecule has 0 unspecified atom stereocenters. The van der Waals surface area contributed by atoms with Gasteiger partial charge >= 0.3 is 12.1 Å². The first-order valence-electron chi connectivity index (χ1n) is 4.36. The molecule has 0 fully saturated rings. The summed E-state index contributed by atoms with van der Waals surface area (Å²) < 4.78 is 42.0. The van der Waals surface area contributed by atoms with Gasteiger partial charge in [0.2, 0.25) is 0 Å². The van der Waals surface area contributed by atoms with Crippen molar-refractivity contribution in [2.24, 2.45) is 0 Å². The van der Waals surface area contributed by atoms with Crippen LogP contribution < -0.4 is 5.73 Å². The molecule has 1 rings (SSSR count). The zero-order valence-electron chi connectivity index (χ0n) is 8.34. The van der Waals surface area contributed by atoms with E-state index in [0.29, 0.717) is 6.07 Å². The molecule has 0 aromatic carbocycles. The number of esters is 1. The summed E-state index contributed by atoms with van der Waals surface area (Å²) in [6, 6.07) is 0.652. The molecule has 0 radical (unpaired) electrons. The molecule has 88 valence electrons. The van der Waals surface area contributed by atoms with Crippen LogP contribution in [0.15, 0.2) is 12.3 Å². The van der Waals surface area contributed by atoms with Crippen LogP contribution in [0.5, 0.6) is 0 Å². The fraction of sp³-hybridized carbons (Fsp3) is 0.333. The molecule has 1 aromatic rings. The number of rotatable bonds is 2. The number of anilines is 1. The predicted molar refractivity (Wildman–Crippen MR) is 49.6 cm³/mol. The highest BCUT2D eigenvalue weighted by molar-refractivity contribution is 5.89. The standard InChI is InChI=1S/C9H9F3N2O2/c1-2-16-8(15)7-6(9(10,11)12)3-5(13)4-14-7/h3-4H,2,13H2,1H3. The number of aromatic nitrogens is 1. The minimum atomic E-state index is -4.69. The maximum absolute atomic E-state index is 12.5. The van der Waals surface area contributed by atoms with Gasteiger partial charge in [-0.05, 0) is 13.0 Å². The summed E-state index contributed by atoms with van der Waals surface area (Å²) in [6.45, 7) is 1.46. The largest absolute Gasteiger partial charge is 0.461 e. The van der Waals surface area contributed by atoms with Crippen molar-refractivity contribution in [2.45, 2.75) is 13.1 Å². The second-order valence-electron chi connectivity index (χ2n) is 2.88. The van der Waals surface area contributed by atoms with E-state index in [2.05, 4.69) is 9.72 Å². The summed E-state index contributed by atoms with van der Waals surface area (Å²) in [4.78, 5) is 14.5. The molecule has 0 aliphatic rings. The number of nitrogen functional groups attached to an aromatic ring is 1. The molecule has 1 heterocycles. The van der Waals surface area contributed by atoms with E-state index in [1.54, 1.807) is 0 Å². The first kappa shape index (κ1) is 12.3. The molecular weight excluding hydrogens is 225 g/mol. The van der Waals surface area contributed by atoms with Gasteiger partial charge in [-0.1, -0.05) is 0 Å². The Kier molecular flexibility index (Phi) is 3.36. The molecule has 0 saturated heterocycles. The van der Waals surface area contributed by atoms with E-state index in [9.17, 15) is 18.0 Å². The molecule has 0 bridgehead atoms. The Balaban J connectivity index is 3.23. The van der Waals surface area contributed by atoms with Crippen LogP contribution in [0.4, 0.5) is 18.9 Å². The topological polar surface area (TPSA) is 65.2 Å². The Morgan fingerprint density at radius 1 is 1.56 bits per heavy atom. The molecule has 0 aliphatic heterocycles. The van der Waals surface area contributed by atoms with Crippen molar-refractivity contribution >= 4 is 11.7 Å². The van der Waals surface area contributed by atoms with Gasteiger partial charge < -0.3 is 10.5 Å². The number of nitrogens with two attached hydrogens (primary N) is 1. The SMILES string of the molecule is CCOC(=O)c1ncc(N)cc1C(F)(F)F. The number of hydrogen-bond acceptors (Lipinski definition) is 4. The summed E-state index contributed by atoms with van der Waals surface area (Å²) in [6.07, 6.45) is -3.72. The molecule has 0 amide bonds. The first-order chi connectivity index (χ1) is 7.36. The molecule has 0 spiro atoms. The van der Waals surface area contributed by atoms with Gasteiger partial charge in [-0.2, -0.15) is 13.2 Å². The van der Waals surface area contributed by atoms with E-state index in [4.69, 9.17) is 5.73 Å². The van der Waals surface area contributed by atoms with Crippen molar-refractivity contribution in [3.05, 3.63) is 23.5 Å². The molecule has 16 heavy (non-hydrogen) atoms. The average Bonchev–Trinajstić information content (AvgIpc) is 2.16. The number of alkyl halides is 3. The molecule has 1 aromatic heterocycles. The van der Waals surface area contributed by atoms with Crippen molar-refractivity contribution in [2.75, 3.05) is 12.3 Å². The number of nitrogens with zero attached hydrogens (tertiary/aromatic N) is 1. The highest BCUT2D eigenvalue weighted by Gasteiger charge is 2.37.